The minimum absolute atomic E-state index is 0.0554. The zero-order chi connectivity index (χ0) is 15.9. The molecule has 3 rings (SSSR count). The minimum Gasteiger partial charge on any atom is -0.379 e. The summed E-state index contributed by atoms with van der Waals surface area (Å²) in [6, 6.07) is 18.0. The first-order chi connectivity index (χ1) is 11.3. The number of hydrogen-bond donors (Lipinski definition) is 1. The highest BCUT2D eigenvalue weighted by Gasteiger charge is 2.13. The van der Waals surface area contributed by atoms with Gasteiger partial charge in [0.2, 0.25) is 5.91 Å². The third-order valence-electron chi connectivity index (χ3n) is 4.04. The molecule has 23 heavy (non-hydrogen) atoms. The molecule has 4 nitrogen and oxygen atoms in total. The summed E-state index contributed by atoms with van der Waals surface area (Å²) >= 11 is 0. The van der Waals surface area contributed by atoms with Crippen molar-refractivity contribution in [2.45, 2.75) is 6.42 Å². The smallest absolute Gasteiger partial charge is 0.225 e. The van der Waals surface area contributed by atoms with Crippen LogP contribution in [0.4, 0.5) is 5.69 Å². The first-order valence-corrected chi connectivity index (χ1v) is 8.07. The maximum atomic E-state index is 12.3. The topological polar surface area (TPSA) is 41.6 Å². The number of hydrogen-bond acceptors (Lipinski definition) is 3. The monoisotopic (exact) mass is 310 g/mol. The highest BCUT2D eigenvalue weighted by atomic mass is 16.5. The average molecular weight is 310 g/mol. The van der Waals surface area contributed by atoms with Gasteiger partial charge in [0.25, 0.3) is 0 Å². The first-order valence-electron chi connectivity index (χ1n) is 8.07. The summed E-state index contributed by atoms with van der Waals surface area (Å²) in [7, 11) is 0. The number of morpholine rings is 1. The number of ether oxygens (including phenoxy) is 1. The van der Waals surface area contributed by atoms with E-state index in [9.17, 15) is 4.79 Å². The van der Waals surface area contributed by atoms with E-state index in [4.69, 9.17) is 4.74 Å². The molecule has 1 aliphatic heterocycles. The highest BCUT2D eigenvalue weighted by molar-refractivity contribution is 5.95. The van der Waals surface area contributed by atoms with Crippen LogP contribution in [0.3, 0.4) is 0 Å². The van der Waals surface area contributed by atoms with Crippen LogP contribution in [0, 0.1) is 0 Å². The Morgan fingerprint density at radius 1 is 1.00 bits per heavy atom. The Morgan fingerprint density at radius 3 is 2.48 bits per heavy atom. The van der Waals surface area contributed by atoms with Gasteiger partial charge in [-0.25, -0.2) is 0 Å². The van der Waals surface area contributed by atoms with Crippen LogP contribution in [0.15, 0.2) is 54.6 Å². The number of carbonyl (C=O) groups excluding carboxylic acids is 1. The third-order valence-corrected chi connectivity index (χ3v) is 4.04. The Balaban J connectivity index is 1.62. The molecule has 1 N–H and O–H groups in total. The van der Waals surface area contributed by atoms with Crippen LogP contribution in [-0.2, 0) is 9.53 Å². The van der Waals surface area contributed by atoms with E-state index in [1.54, 1.807) is 0 Å². The van der Waals surface area contributed by atoms with Crippen molar-refractivity contribution in [2.75, 3.05) is 38.2 Å². The molecule has 0 aliphatic carbocycles. The molecule has 0 saturated carbocycles. The third kappa shape index (κ3) is 4.41. The van der Waals surface area contributed by atoms with E-state index in [0.717, 1.165) is 49.7 Å². The lowest BCUT2D eigenvalue weighted by atomic mass is 10.0. The number of para-hydroxylation sites is 1. The van der Waals surface area contributed by atoms with Crippen molar-refractivity contribution in [1.29, 1.82) is 0 Å². The molecule has 0 atom stereocenters. The molecule has 2 aromatic rings. The maximum Gasteiger partial charge on any atom is 0.225 e. The van der Waals surface area contributed by atoms with E-state index in [2.05, 4.69) is 22.3 Å². The zero-order valence-electron chi connectivity index (χ0n) is 13.2. The van der Waals surface area contributed by atoms with Gasteiger partial charge in [-0.05, 0) is 11.6 Å². The number of benzene rings is 2. The summed E-state index contributed by atoms with van der Waals surface area (Å²) in [5, 5.41) is 3.05. The van der Waals surface area contributed by atoms with Crippen molar-refractivity contribution in [3.8, 4) is 11.1 Å². The van der Waals surface area contributed by atoms with Crippen molar-refractivity contribution < 1.29 is 9.53 Å². The number of amides is 1. The Bertz CT molecular complexity index is 637. The summed E-state index contributed by atoms with van der Waals surface area (Å²) in [5.41, 5.74) is 3.02. The second-order valence-corrected chi connectivity index (χ2v) is 5.66. The van der Waals surface area contributed by atoms with Crippen LogP contribution in [0.5, 0.6) is 0 Å². The molecule has 1 heterocycles. The summed E-state index contributed by atoms with van der Waals surface area (Å²) in [6.45, 7) is 4.13. The molecular formula is C19H22N2O2. The molecule has 1 saturated heterocycles. The highest BCUT2D eigenvalue weighted by Crippen LogP contribution is 2.27. The maximum absolute atomic E-state index is 12.3. The van der Waals surface area contributed by atoms with Crippen molar-refractivity contribution >= 4 is 11.6 Å². The predicted octanol–water partition coefficient (Wildman–Crippen LogP) is 3.01. The van der Waals surface area contributed by atoms with Crippen LogP contribution in [0.25, 0.3) is 11.1 Å². The number of carbonyl (C=O) groups is 1. The van der Waals surface area contributed by atoms with Gasteiger partial charge in [0.1, 0.15) is 0 Å². The molecule has 0 spiro atoms. The summed E-state index contributed by atoms with van der Waals surface area (Å²) in [5.74, 6) is 0.0554. The Morgan fingerprint density at radius 2 is 1.70 bits per heavy atom. The van der Waals surface area contributed by atoms with Gasteiger partial charge in [0, 0.05) is 37.3 Å². The summed E-state index contributed by atoms with van der Waals surface area (Å²) in [6.07, 6.45) is 0.503. The molecule has 0 aromatic heterocycles. The van der Waals surface area contributed by atoms with Crippen LogP contribution in [-0.4, -0.2) is 43.7 Å². The largest absolute Gasteiger partial charge is 0.379 e. The van der Waals surface area contributed by atoms with Crippen molar-refractivity contribution in [3.05, 3.63) is 54.6 Å². The van der Waals surface area contributed by atoms with E-state index in [1.165, 1.54) is 0 Å². The van der Waals surface area contributed by atoms with E-state index in [1.807, 2.05) is 42.5 Å². The fourth-order valence-electron chi connectivity index (χ4n) is 2.76. The fraction of sp³-hybridized carbons (Fsp3) is 0.316. The molecule has 0 radical (unpaired) electrons. The van der Waals surface area contributed by atoms with Gasteiger partial charge in [-0.1, -0.05) is 48.5 Å². The quantitative estimate of drug-likeness (QED) is 0.923. The van der Waals surface area contributed by atoms with Crippen LogP contribution >= 0.6 is 0 Å². The molecule has 0 unspecified atom stereocenters. The van der Waals surface area contributed by atoms with Crippen LogP contribution in [0.1, 0.15) is 6.42 Å². The molecule has 1 aliphatic rings. The molecule has 120 valence electrons. The standard InChI is InChI=1S/C19H22N2O2/c22-19(10-11-21-12-14-23-15-13-21)20-18-9-5-4-8-17(18)16-6-2-1-3-7-16/h1-9H,10-15H2,(H,20,22). The van der Waals surface area contributed by atoms with Gasteiger partial charge < -0.3 is 10.1 Å². The van der Waals surface area contributed by atoms with Gasteiger partial charge >= 0.3 is 0 Å². The normalized spacial score (nSPS) is 15.3. The lowest BCUT2D eigenvalue weighted by molar-refractivity contribution is -0.116. The fourth-order valence-corrected chi connectivity index (χ4v) is 2.76. The minimum atomic E-state index is 0.0554. The average Bonchev–Trinajstić information content (AvgIpc) is 2.62. The zero-order valence-corrected chi connectivity index (χ0v) is 13.2. The lowest BCUT2D eigenvalue weighted by Crippen LogP contribution is -2.38. The SMILES string of the molecule is O=C(CCN1CCOCC1)Nc1ccccc1-c1ccccc1. The molecule has 1 fully saturated rings. The van der Waals surface area contributed by atoms with E-state index in [-0.39, 0.29) is 5.91 Å². The first kappa shape index (κ1) is 15.7. The van der Waals surface area contributed by atoms with Crippen molar-refractivity contribution in [2.24, 2.45) is 0 Å². The molecule has 1 amide bonds. The van der Waals surface area contributed by atoms with Crippen molar-refractivity contribution in [1.82, 2.24) is 4.90 Å². The second kappa shape index (κ2) is 7.90. The van der Waals surface area contributed by atoms with Crippen LogP contribution < -0.4 is 5.32 Å². The van der Waals surface area contributed by atoms with E-state index < -0.39 is 0 Å². The Hall–Kier alpha value is -2.17. The molecule has 2 aromatic carbocycles. The predicted molar refractivity (Wildman–Crippen MR) is 92.4 cm³/mol. The van der Waals surface area contributed by atoms with Gasteiger partial charge in [-0.3, -0.25) is 9.69 Å². The van der Waals surface area contributed by atoms with E-state index >= 15 is 0 Å². The number of rotatable bonds is 5. The second-order valence-electron chi connectivity index (χ2n) is 5.66. The molecule has 4 heteroatoms. The summed E-state index contributed by atoms with van der Waals surface area (Å²) in [4.78, 5) is 14.5. The van der Waals surface area contributed by atoms with E-state index in [0.29, 0.717) is 6.42 Å². The Kier molecular flexibility index (Phi) is 5.40. The summed E-state index contributed by atoms with van der Waals surface area (Å²) < 4.78 is 5.32. The van der Waals surface area contributed by atoms with Crippen LogP contribution in [0.2, 0.25) is 0 Å². The van der Waals surface area contributed by atoms with Gasteiger partial charge in [-0.2, -0.15) is 0 Å². The number of anilines is 1. The van der Waals surface area contributed by atoms with Gasteiger partial charge in [-0.15, -0.1) is 0 Å². The molecule has 0 bridgehead atoms. The number of nitrogens with zero attached hydrogens (tertiary/aromatic N) is 1. The number of nitrogens with one attached hydrogen (secondary N) is 1. The lowest BCUT2D eigenvalue weighted by Gasteiger charge is -2.26. The van der Waals surface area contributed by atoms with Gasteiger partial charge in [0.05, 0.1) is 13.2 Å². The molecular weight excluding hydrogens is 288 g/mol. The van der Waals surface area contributed by atoms with Crippen molar-refractivity contribution in [3.63, 3.8) is 0 Å². The van der Waals surface area contributed by atoms with Gasteiger partial charge in [0.15, 0.2) is 0 Å². The Labute approximate surface area is 137 Å².